The van der Waals surface area contributed by atoms with Crippen LogP contribution < -0.4 is 5.32 Å². The number of carbonyl (C=O) groups is 1. The second kappa shape index (κ2) is 4.00. The summed E-state index contributed by atoms with van der Waals surface area (Å²) in [5, 5.41) is 11.0. The molecular formula is C8H10F3NO2. The van der Waals surface area contributed by atoms with E-state index in [2.05, 4.69) is 5.32 Å². The lowest BCUT2D eigenvalue weighted by Crippen LogP contribution is -2.37. The van der Waals surface area contributed by atoms with E-state index in [0.29, 0.717) is 18.5 Å². The molecule has 1 aliphatic carbocycles. The van der Waals surface area contributed by atoms with Crippen molar-refractivity contribution in [3.63, 3.8) is 0 Å². The van der Waals surface area contributed by atoms with Gasteiger partial charge in [-0.2, -0.15) is 13.2 Å². The van der Waals surface area contributed by atoms with Crippen LogP contribution in [0.25, 0.3) is 0 Å². The van der Waals surface area contributed by atoms with Gasteiger partial charge in [0.25, 0.3) is 0 Å². The number of ketones is 1. The summed E-state index contributed by atoms with van der Waals surface area (Å²) >= 11 is 0. The van der Waals surface area contributed by atoms with E-state index in [1.165, 1.54) is 6.08 Å². The molecular weight excluding hydrogens is 199 g/mol. The Morgan fingerprint density at radius 3 is 2.57 bits per heavy atom. The molecule has 1 aliphatic rings. The molecule has 0 aromatic carbocycles. The molecule has 3 nitrogen and oxygen atoms in total. The molecule has 0 amide bonds. The minimum Gasteiger partial charge on any atom is -0.385 e. The highest BCUT2D eigenvalue weighted by Gasteiger charge is 2.38. The van der Waals surface area contributed by atoms with Crippen LogP contribution in [0.5, 0.6) is 0 Å². The van der Waals surface area contributed by atoms with E-state index in [4.69, 9.17) is 5.11 Å². The summed E-state index contributed by atoms with van der Waals surface area (Å²) in [4.78, 5) is 10.7. The van der Waals surface area contributed by atoms with Crippen molar-refractivity contribution in [1.82, 2.24) is 5.32 Å². The number of rotatable bonds is 3. The van der Waals surface area contributed by atoms with Crippen molar-refractivity contribution in [2.75, 3.05) is 6.54 Å². The lowest BCUT2D eigenvalue weighted by molar-refractivity contribution is -0.201. The summed E-state index contributed by atoms with van der Waals surface area (Å²) in [6.45, 7) is -0.609. The zero-order valence-electron chi connectivity index (χ0n) is 7.27. The monoisotopic (exact) mass is 209 g/mol. The smallest absolute Gasteiger partial charge is 0.385 e. The fourth-order valence-corrected chi connectivity index (χ4v) is 1.08. The Labute approximate surface area is 78.6 Å². The van der Waals surface area contributed by atoms with Gasteiger partial charge in [0.2, 0.25) is 0 Å². The van der Waals surface area contributed by atoms with Gasteiger partial charge in [0, 0.05) is 24.7 Å². The van der Waals surface area contributed by atoms with Gasteiger partial charge in [-0.25, -0.2) is 0 Å². The van der Waals surface area contributed by atoms with Crippen LogP contribution in [0.1, 0.15) is 12.8 Å². The van der Waals surface area contributed by atoms with E-state index < -0.39 is 18.8 Å². The summed E-state index contributed by atoms with van der Waals surface area (Å²) in [5.74, 6) is -0.103. The first kappa shape index (κ1) is 11.0. The molecule has 14 heavy (non-hydrogen) atoms. The molecule has 80 valence electrons. The van der Waals surface area contributed by atoms with E-state index in [9.17, 15) is 18.0 Å². The molecule has 0 saturated carbocycles. The van der Waals surface area contributed by atoms with Crippen LogP contribution in [-0.2, 0) is 4.79 Å². The van der Waals surface area contributed by atoms with E-state index in [1.807, 2.05) is 0 Å². The standard InChI is InChI=1S/C8H10F3NO2/c9-8(10,11)7(14)4-12-5-1-2-6(13)3-5/h3,7,12,14H,1-2,4H2. The fourth-order valence-electron chi connectivity index (χ4n) is 1.08. The topological polar surface area (TPSA) is 49.3 Å². The van der Waals surface area contributed by atoms with Gasteiger partial charge < -0.3 is 10.4 Å². The molecule has 1 unspecified atom stereocenters. The first-order valence-corrected chi connectivity index (χ1v) is 4.11. The number of halogens is 3. The second-order valence-corrected chi connectivity index (χ2v) is 3.07. The minimum absolute atomic E-state index is 0.103. The predicted molar refractivity (Wildman–Crippen MR) is 42.4 cm³/mol. The summed E-state index contributed by atoms with van der Waals surface area (Å²) in [7, 11) is 0. The molecule has 0 radical (unpaired) electrons. The Bertz CT molecular complexity index is 260. The molecule has 1 rings (SSSR count). The van der Waals surface area contributed by atoms with E-state index in [0.717, 1.165) is 0 Å². The van der Waals surface area contributed by atoms with E-state index in [1.54, 1.807) is 0 Å². The number of carbonyl (C=O) groups excluding carboxylic acids is 1. The number of aliphatic hydroxyl groups is 1. The lowest BCUT2D eigenvalue weighted by atomic mass is 10.3. The minimum atomic E-state index is -4.61. The first-order valence-electron chi connectivity index (χ1n) is 4.11. The Morgan fingerprint density at radius 2 is 2.14 bits per heavy atom. The molecule has 6 heteroatoms. The van der Waals surface area contributed by atoms with Crippen molar-refractivity contribution in [1.29, 1.82) is 0 Å². The summed E-state index contributed by atoms with van der Waals surface area (Å²) in [6, 6.07) is 0. The van der Waals surface area contributed by atoms with Gasteiger partial charge in [0.05, 0.1) is 0 Å². The van der Waals surface area contributed by atoms with Gasteiger partial charge >= 0.3 is 6.18 Å². The van der Waals surface area contributed by atoms with Gasteiger partial charge in [-0.3, -0.25) is 4.79 Å². The van der Waals surface area contributed by atoms with Gasteiger partial charge in [-0.15, -0.1) is 0 Å². The molecule has 0 spiro atoms. The highest BCUT2D eigenvalue weighted by Crippen LogP contribution is 2.20. The maximum absolute atomic E-state index is 11.8. The number of alkyl halides is 3. The van der Waals surface area contributed by atoms with Crippen LogP contribution in [0.3, 0.4) is 0 Å². The maximum atomic E-state index is 11.8. The molecule has 2 N–H and O–H groups in total. The second-order valence-electron chi connectivity index (χ2n) is 3.07. The average molecular weight is 209 g/mol. The van der Waals surface area contributed by atoms with Crippen molar-refractivity contribution in [2.45, 2.75) is 25.1 Å². The van der Waals surface area contributed by atoms with Crippen LogP contribution in [0.4, 0.5) is 13.2 Å². The normalized spacial score (nSPS) is 19.4. The average Bonchev–Trinajstić information content (AvgIpc) is 2.45. The largest absolute Gasteiger partial charge is 0.416 e. The lowest BCUT2D eigenvalue weighted by Gasteiger charge is -2.15. The molecule has 0 bridgehead atoms. The highest BCUT2D eigenvalue weighted by molar-refractivity contribution is 5.92. The Balaban J connectivity index is 2.34. The van der Waals surface area contributed by atoms with Gasteiger partial charge in [0.1, 0.15) is 0 Å². The zero-order valence-corrected chi connectivity index (χ0v) is 7.27. The Hall–Kier alpha value is -1.04. The van der Waals surface area contributed by atoms with Gasteiger partial charge in [0.15, 0.2) is 11.9 Å². The van der Waals surface area contributed by atoms with Crippen molar-refractivity contribution in [2.24, 2.45) is 0 Å². The van der Waals surface area contributed by atoms with Crippen LogP contribution in [0, 0.1) is 0 Å². The third-order valence-corrected chi connectivity index (χ3v) is 1.88. The van der Waals surface area contributed by atoms with Crippen molar-refractivity contribution >= 4 is 5.78 Å². The first-order chi connectivity index (χ1) is 6.39. The van der Waals surface area contributed by atoms with E-state index >= 15 is 0 Å². The number of allylic oxidation sites excluding steroid dienone is 2. The highest BCUT2D eigenvalue weighted by atomic mass is 19.4. The van der Waals surface area contributed by atoms with Crippen LogP contribution >= 0.6 is 0 Å². The molecule has 0 aliphatic heterocycles. The maximum Gasteiger partial charge on any atom is 0.416 e. The number of nitrogens with one attached hydrogen (secondary N) is 1. The van der Waals surface area contributed by atoms with Gasteiger partial charge in [-0.1, -0.05) is 0 Å². The molecule has 0 saturated heterocycles. The summed E-state index contributed by atoms with van der Waals surface area (Å²) in [6.07, 6.45) is -4.99. The quantitative estimate of drug-likeness (QED) is 0.721. The van der Waals surface area contributed by atoms with Crippen molar-refractivity contribution in [3.8, 4) is 0 Å². The number of hydrogen-bond donors (Lipinski definition) is 2. The van der Waals surface area contributed by atoms with Crippen LogP contribution in [0.15, 0.2) is 11.8 Å². The molecule has 0 aromatic heterocycles. The van der Waals surface area contributed by atoms with Crippen molar-refractivity contribution in [3.05, 3.63) is 11.8 Å². The predicted octanol–water partition coefficient (Wildman–Crippen LogP) is 0.746. The molecule has 0 heterocycles. The zero-order chi connectivity index (χ0) is 10.8. The number of aliphatic hydroxyl groups excluding tert-OH is 1. The third-order valence-electron chi connectivity index (χ3n) is 1.88. The summed E-state index contributed by atoms with van der Waals surface area (Å²) in [5.41, 5.74) is 0.457. The number of hydrogen-bond acceptors (Lipinski definition) is 3. The SMILES string of the molecule is O=C1C=C(NCC(O)C(F)(F)F)CC1. The summed E-state index contributed by atoms with van der Waals surface area (Å²) < 4.78 is 35.5. The molecule has 1 atom stereocenters. The van der Waals surface area contributed by atoms with Crippen LogP contribution in [-0.4, -0.2) is 29.7 Å². The van der Waals surface area contributed by atoms with Crippen LogP contribution in [0.2, 0.25) is 0 Å². The van der Waals surface area contributed by atoms with Gasteiger partial charge in [-0.05, 0) is 6.42 Å². The van der Waals surface area contributed by atoms with E-state index in [-0.39, 0.29) is 5.78 Å². The fraction of sp³-hybridized carbons (Fsp3) is 0.625. The third kappa shape index (κ3) is 3.02. The molecule has 0 aromatic rings. The Morgan fingerprint density at radius 1 is 1.50 bits per heavy atom. The Kier molecular flexibility index (Phi) is 3.15. The molecule has 0 fully saturated rings. The van der Waals surface area contributed by atoms with Crippen molar-refractivity contribution < 1.29 is 23.1 Å².